The van der Waals surface area contributed by atoms with Crippen LogP contribution in [0.3, 0.4) is 0 Å². The number of carboxylic acids is 1. The molecule has 1 atom stereocenters. The molecule has 0 saturated carbocycles. The fourth-order valence-corrected chi connectivity index (χ4v) is 1.64. The molecule has 1 rings (SSSR count). The van der Waals surface area contributed by atoms with Crippen molar-refractivity contribution in [3.8, 4) is 0 Å². The van der Waals surface area contributed by atoms with E-state index in [-0.39, 0.29) is 6.42 Å². The highest BCUT2D eigenvalue weighted by Crippen LogP contribution is 2.11. The van der Waals surface area contributed by atoms with Crippen LogP contribution < -0.4 is 10.6 Å². The van der Waals surface area contributed by atoms with Crippen LogP contribution in [0.25, 0.3) is 0 Å². The van der Waals surface area contributed by atoms with Gasteiger partial charge in [-0.3, -0.25) is 0 Å². The number of amides is 2. The van der Waals surface area contributed by atoms with Gasteiger partial charge in [0.25, 0.3) is 0 Å². The van der Waals surface area contributed by atoms with Crippen molar-refractivity contribution < 1.29 is 14.7 Å². The first kappa shape index (κ1) is 12.3. The lowest BCUT2D eigenvalue weighted by Gasteiger charge is -2.12. The Balaban J connectivity index is 2.48. The number of anilines is 1. The van der Waals surface area contributed by atoms with Crippen LogP contribution in [-0.2, 0) is 4.79 Å². The predicted molar refractivity (Wildman–Crippen MR) is 62.7 cm³/mol. The number of thiophene rings is 1. The number of hydrogen-bond acceptors (Lipinski definition) is 3. The summed E-state index contributed by atoms with van der Waals surface area (Å²) in [6.45, 7) is 3.43. The number of carboxylic acid groups (broad SMARTS) is 1. The third-order valence-corrected chi connectivity index (χ3v) is 2.47. The van der Waals surface area contributed by atoms with E-state index < -0.39 is 18.0 Å². The van der Waals surface area contributed by atoms with Crippen molar-refractivity contribution in [3.05, 3.63) is 29.5 Å². The number of hydrogen-bond donors (Lipinski definition) is 3. The molecular weight excluding hydrogens is 228 g/mol. The molecule has 0 spiro atoms. The van der Waals surface area contributed by atoms with Crippen LogP contribution in [0, 0.1) is 0 Å². The number of rotatable bonds is 5. The topological polar surface area (TPSA) is 78.4 Å². The van der Waals surface area contributed by atoms with Crippen molar-refractivity contribution in [2.45, 2.75) is 12.5 Å². The van der Waals surface area contributed by atoms with E-state index in [1.807, 2.05) is 5.38 Å². The number of aliphatic carboxylic acids is 1. The maximum atomic E-state index is 11.4. The molecule has 0 aromatic carbocycles. The monoisotopic (exact) mass is 240 g/mol. The summed E-state index contributed by atoms with van der Waals surface area (Å²) >= 11 is 1.44. The lowest BCUT2D eigenvalue weighted by Crippen LogP contribution is -2.42. The lowest BCUT2D eigenvalue weighted by atomic mass is 10.2. The van der Waals surface area contributed by atoms with Crippen LogP contribution in [0.2, 0.25) is 0 Å². The Labute approximate surface area is 96.8 Å². The highest BCUT2D eigenvalue weighted by atomic mass is 32.1. The molecule has 86 valence electrons. The zero-order chi connectivity index (χ0) is 12.0. The summed E-state index contributed by atoms with van der Waals surface area (Å²) in [7, 11) is 0. The van der Waals surface area contributed by atoms with Crippen molar-refractivity contribution in [2.75, 3.05) is 5.32 Å². The van der Waals surface area contributed by atoms with Crippen molar-refractivity contribution in [3.63, 3.8) is 0 Å². The first-order chi connectivity index (χ1) is 7.63. The molecule has 0 bridgehead atoms. The van der Waals surface area contributed by atoms with Crippen LogP contribution in [-0.4, -0.2) is 23.1 Å². The van der Waals surface area contributed by atoms with Gasteiger partial charge in [0.1, 0.15) is 6.04 Å². The predicted octanol–water partition coefficient (Wildman–Crippen LogP) is 1.90. The number of nitrogens with one attached hydrogen (secondary N) is 2. The molecular formula is C10H12N2O3S. The fourth-order valence-electron chi connectivity index (χ4n) is 1.05. The standard InChI is InChI=1S/C10H12N2O3S/c1-2-3-8(9(13)14)12-10(15)11-7-4-5-16-6-7/h2,4-6,8H,1,3H2,(H,13,14)(H2,11,12,15). The van der Waals surface area contributed by atoms with Gasteiger partial charge >= 0.3 is 12.0 Å². The Morgan fingerprint density at radius 2 is 2.38 bits per heavy atom. The summed E-state index contributed by atoms with van der Waals surface area (Å²) in [6, 6.07) is 0.247. The second kappa shape index (κ2) is 5.92. The molecule has 0 aliphatic rings. The zero-order valence-corrected chi connectivity index (χ0v) is 9.29. The normalized spacial score (nSPS) is 11.5. The number of carbonyl (C=O) groups is 2. The van der Waals surface area contributed by atoms with Crippen molar-refractivity contribution in [2.24, 2.45) is 0 Å². The van der Waals surface area contributed by atoms with Crippen LogP contribution in [0.1, 0.15) is 6.42 Å². The molecule has 5 nitrogen and oxygen atoms in total. The minimum Gasteiger partial charge on any atom is -0.480 e. The third-order valence-electron chi connectivity index (χ3n) is 1.78. The zero-order valence-electron chi connectivity index (χ0n) is 8.47. The summed E-state index contributed by atoms with van der Waals surface area (Å²) in [5, 5.41) is 17.2. The van der Waals surface area contributed by atoms with E-state index in [9.17, 15) is 9.59 Å². The first-order valence-corrected chi connectivity index (χ1v) is 5.51. The van der Waals surface area contributed by atoms with Gasteiger partial charge in [-0.25, -0.2) is 9.59 Å². The van der Waals surface area contributed by atoms with Gasteiger partial charge in [-0.15, -0.1) is 6.58 Å². The third kappa shape index (κ3) is 3.74. The second-order valence-corrected chi connectivity index (χ2v) is 3.81. The van der Waals surface area contributed by atoms with E-state index in [2.05, 4.69) is 17.2 Å². The number of carbonyl (C=O) groups excluding carboxylic acids is 1. The van der Waals surface area contributed by atoms with Gasteiger partial charge in [-0.05, 0) is 17.9 Å². The largest absolute Gasteiger partial charge is 0.480 e. The highest BCUT2D eigenvalue weighted by Gasteiger charge is 2.17. The molecule has 6 heteroatoms. The van der Waals surface area contributed by atoms with Gasteiger partial charge < -0.3 is 15.7 Å². The molecule has 3 N–H and O–H groups in total. The average molecular weight is 240 g/mol. The van der Waals surface area contributed by atoms with Crippen molar-refractivity contribution in [1.29, 1.82) is 0 Å². The molecule has 1 unspecified atom stereocenters. The Hall–Kier alpha value is -1.82. The van der Waals surface area contributed by atoms with Gasteiger partial charge in [0.15, 0.2) is 0 Å². The summed E-state index contributed by atoms with van der Waals surface area (Å²) < 4.78 is 0. The molecule has 0 fully saturated rings. The van der Waals surface area contributed by atoms with Gasteiger partial charge in [0, 0.05) is 5.38 Å². The maximum Gasteiger partial charge on any atom is 0.326 e. The lowest BCUT2D eigenvalue weighted by molar-refractivity contribution is -0.139. The molecule has 0 aliphatic heterocycles. The van der Waals surface area contributed by atoms with Crippen molar-refractivity contribution >= 4 is 29.0 Å². The van der Waals surface area contributed by atoms with Gasteiger partial charge in [0.05, 0.1) is 5.69 Å². The minimum atomic E-state index is -1.08. The first-order valence-electron chi connectivity index (χ1n) is 4.57. The Bertz CT molecular complexity index is 375. The molecule has 1 aromatic heterocycles. The fraction of sp³-hybridized carbons (Fsp3) is 0.200. The Morgan fingerprint density at radius 1 is 1.62 bits per heavy atom. The number of urea groups is 1. The van der Waals surface area contributed by atoms with E-state index in [1.54, 1.807) is 11.4 Å². The average Bonchev–Trinajstić information content (AvgIpc) is 2.69. The Kier molecular flexibility index (Phi) is 4.53. The molecule has 1 aromatic rings. The SMILES string of the molecule is C=CCC(NC(=O)Nc1ccsc1)C(=O)O. The van der Waals surface area contributed by atoms with Gasteiger partial charge in [0.2, 0.25) is 0 Å². The summed E-state index contributed by atoms with van der Waals surface area (Å²) in [6.07, 6.45) is 1.63. The molecule has 16 heavy (non-hydrogen) atoms. The van der Waals surface area contributed by atoms with Gasteiger partial charge in [-0.1, -0.05) is 6.08 Å². The van der Waals surface area contributed by atoms with Crippen molar-refractivity contribution in [1.82, 2.24) is 5.32 Å². The van der Waals surface area contributed by atoms with E-state index in [4.69, 9.17) is 5.11 Å². The molecule has 2 amide bonds. The second-order valence-electron chi connectivity index (χ2n) is 3.03. The van der Waals surface area contributed by atoms with Crippen LogP contribution in [0.15, 0.2) is 29.5 Å². The molecule has 0 radical (unpaired) electrons. The highest BCUT2D eigenvalue weighted by molar-refractivity contribution is 7.08. The summed E-state index contributed by atoms with van der Waals surface area (Å²) in [5.74, 6) is -1.08. The Morgan fingerprint density at radius 3 is 2.88 bits per heavy atom. The van der Waals surface area contributed by atoms with Crippen LogP contribution in [0.5, 0.6) is 0 Å². The van der Waals surface area contributed by atoms with E-state index in [0.717, 1.165) is 0 Å². The van der Waals surface area contributed by atoms with Gasteiger partial charge in [-0.2, -0.15) is 11.3 Å². The van der Waals surface area contributed by atoms with E-state index in [1.165, 1.54) is 17.4 Å². The van der Waals surface area contributed by atoms with Crippen LogP contribution in [0.4, 0.5) is 10.5 Å². The summed E-state index contributed by atoms with van der Waals surface area (Å²) in [4.78, 5) is 22.1. The maximum absolute atomic E-state index is 11.4. The smallest absolute Gasteiger partial charge is 0.326 e. The van der Waals surface area contributed by atoms with E-state index >= 15 is 0 Å². The molecule has 0 aliphatic carbocycles. The quantitative estimate of drug-likeness (QED) is 0.688. The van der Waals surface area contributed by atoms with E-state index in [0.29, 0.717) is 5.69 Å². The molecule has 0 saturated heterocycles. The van der Waals surface area contributed by atoms with Crippen LogP contribution >= 0.6 is 11.3 Å². The molecule has 1 heterocycles. The summed E-state index contributed by atoms with van der Waals surface area (Å²) in [5.41, 5.74) is 0.644. The minimum absolute atomic E-state index is 0.187.